The highest BCUT2D eigenvalue weighted by Crippen LogP contribution is 2.27. The first kappa shape index (κ1) is 9.33. The van der Waals surface area contributed by atoms with Gasteiger partial charge >= 0.3 is 0 Å². The Morgan fingerprint density at radius 2 is 2.53 bits per heavy atom. The number of nitrogens with zero attached hydrogens (tertiary/aromatic N) is 2. The minimum atomic E-state index is -0.298. The molecule has 0 bridgehead atoms. The molecule has 1 aliphatic rings. The third-order valence-corrected chi connectivity index (χ3v) is 3.78. The van der Waals surface area contributed by atoms with Crippen LogP contribution >= 0.6 is 11.3 Å². The summed E-state index contributed by atoms with van der Waals surface area (Å²) in [4.78, 5) is 5.57. The zero-order valence-electron chi connectivity index (χ0n) is 8.47. The molecule has 0 saturated carbocycles. The van der Waals surface area contributed by atoms with Crippen LogP contribution in [0.2, 0.25) is 0 Å². The summed E-state index contributed by atoms with van der Waals surface area (Å²) in [5.74, 6) is 0. The van der Waals surface area contributed by atoms with Gasteiger partial charge in [-0.15, -0.1) is 11.3 Å². The lowest BCUT2D eigenvalue weighted by Gasteiger charge is -2.12. The molecule has 3 rings (SSSR count). The van der Waals surface area contributed by atoms with Crippen molar-refractivity contribution in [2.24, 2.45) is 0 Å². The van der Waals surface area contributed by atoms with E-state index in [4.69, 9.17) is 0 Å². The lowest BCUT2D eigenvalue weighted by Crippen LogP contribution is -2.22. The average molecular weight is 223 g/mol. The van der Waals surface area contributed by atoms with Gasteiger partial charge in [-0.3, -0.25) is 4.40 Å². The molecule has 2 atom stereocenters. The summed E-state index contributed by atoms with van der Waals surface area (Å²) >= 11 is 1.62. The summed E-state index contributed by atoms with van der Waals surface area (Å²) in [5, 5.41) is 15.1. The molecule has 0 spiro atoms. The van der Waals surface area contributed by atoms with Crippen LogP contribution in [0.15, 0.2) is 11.6 Å². The van der Waals surface area contributed by atoms with Crippen molar-refractivity contribution in [2.45, 2.75) is 25.5 Å². The van der Waals surface area contributed by atoms with E-state index in [1.165, 1.54) is 0 Å². The summed E-state index contributed by atoms with van der Waals surface area (Å²) in [6, 6.07) is 0.0112. The first-order chi connectivity index (χ1) is 7.27. The number of imidazole rings is 1. The summed E-state index contributed by atoms with van der Waals surface area (Å²) in [6.45, 7) is 2.92. The highest BCUT2D eigenvalue weighted by molar-refractivity contribution is 7.15. The van der Waals surface area contributed by atoms with E-state index in [0.29, 0.717) is 0 Å². The Balaban J connectivity index is 2.10. The number of rotatable bonds is 1. The molecule has 80 valence electrons. The van der Waals surface area contributed by atoms with Crippen LogP contribution in [0.4, 0.5) is 0 Å². The highest BCUT2D eigenvalue weighted by atomic mass is 32.1. The Hall–Kier alpha value is -0.910. The third-order valence-electron chi connectivity index (χ3n) is 3.02. The van der Waals surface area contributed by atoms with E-state index in [0.717, 1.165) is 29.3 Å². The molecular weight excluding hydrogens is 210 g/mol. The van der Waals surface area contributed by atoms with Crippen LogP contribution < -0.4 is 5.32 Å². The molecule has 1 fully saturated rings. The van der Waals surface area contributed by atoms with Gasteiger partial charge in [0.05, 0.1) is 17.8 Å². The average Bonchev–Trinajstić information content (AvgIpc) is 2.85. The summed E-state index contributed by atoms with van der Waals surface area (Å²) in [5.41, 5.74) is 2.12. The van der Waals surface area contributed by atoms with E-state index in [2.05, 4.69) is 21.6 Å². The van der Waals surface area contributed by atoms with Crippen molar-refractivity contribution < 1.29 is 5.11 Å². The van der Waals surface area contributed by atoms with Gasteiger partial charge in [0, 0.05) is 17.3 Å². The molecular formula is C10H13N3OS. The maximum Gasteiger partial charge on any atom is 0.194 e. The fraction of sp³-hybridized carbons (Fsp3) is 0.500. The Kier molecular flexibility index (Phi) is 2.05. The van der Waals surface area contributed by atoms with Crippen molar-refractivity contribution in [3.8, 4) is 0 Å². The summed E-state index contributed by atoms with van der Waals surface area (Å²) < 4.78 is 2.08. The molecule has 4 nitrogen and oxygen atoms in total. The van der Waals surface area contributed by atoms with Crippen LogP contribution in [0.1, 0.15) is 23.9 Å². The molecule has 0 radical (unpaired) electrons. The Morgan fingerprint density at radius 1 is 1.67 bits per heavy atom. The number of aliphatic hydroxyl groups is 1. The molecule has 1 saturated heterocycles. The number of nitrogens with one attached hydrogen (secondary N) is 1. The predicted molar refractivity (Wildman–Crippen MR) is 59.2 cm³/mol. The molecule has 2 aromatic heterocycles. The maximum atomic E-state index is 9.82. The monoisotopic (exact) mass is 223 g/mol. The van der Waals surface area contributed by atoms with Crippen LogP contribution in [0, 0.1) is 6.92 Å². The molecule has 0 aromatic carbocycles. The van der Waals surface area contributed by atoms with Crippen molar-refractivity contribution in [3.05, 3.63) is 23.0 Å². The van der Waals surface area contributed by atoms with Gasteiger partial charge in [-0.05, 0) is 19.9 Å². The molecule has 15 heavy (non-hydrogen) atoms. The first-order valence-electron chi connectivity index (χ1n) is 5.11. The summed E-state index contributed by atoms with van der Waals surface area (Å²) in [6.07, 6.45) is 2.54. The Labute approximate surface area is 91.6 Å². The molecule has 2 aromatic rings. The smallest absolute Gasteiger partial charge is 0.194 e. The van der Waals surface area contributed by atoms with E-state index >= 15 is 0 Å². The zero-order valence-corrected chi connectivity index (χ0v) is 9.29. The predicted octanol–water partition coefficient (Wildman–Crippen LogP) is 1.10. The van der Waals surface area contributed by atoms with Crippen molar-refractivity contribution in [3.63, 3.8) is 0 Å². The highest BCUT2D eigenvalue weighted by Gasteiger charge is 2.30. The number of thiazole rings is 1. The van der Waals surface area contributed by atoms with Gasteiger partial charge in [0.25, 0.3) is 0 Å². The number of aliphatic hydroxyl groups excluding tert-OH is 1. The largest absolute Gasteiger partial charge is 0.391 e. The standard InChI is InChI=1S/C10H13N3OS/c1-6-8(9-7(14)2-3-11-9)12-10-13(6)4-5-15-10/h4-5,7,9,11,14H,2-3H2,1H3. The van der Waals surface area contributed by atoms with Crippen molar-refractivity contribution in [1.29, 1.82) is 0 Å². The number of aromatic nitrogens is 2. The second-order valence-corrected chi connectivity index (χ2v) is 4.80. The lowest BCUT2D eigenvalue weighted by atomic mass is 10.1. The van der Waals surface area contributed by atoms with Crippen LogP contribution in [-0.4, -0.2) is 27.1 Å². The van der Waals surface area contributed by atoms with Gasteiger partial charge in [-0.25, -0.2) is 4.98 Å². The quantitative estimate of drug-likeness (QED) is 0.761. The number of hydrogen-bond donors (Lipinski definition) is 2. The molecule has 0 amide bonds. The number of aryl methyl sites for hydroxylation is 1. The molecule has 1 aliphatic heterocycles. The van der Waals surface area contributed by atoms with E-state index < -0.39 is 0 Å². The van der Waals surface area contributed by atoms with Gasteiger partial charge in [0.1, 0.15) is 0 Å². The van der Waals surface area contributed by atoms with Gasteiger partial charge in [0.2, 0.25) is 0 Å². The van der Waals surface area contributed by atoms with Crippen LogP contribution in [-0.2, 0) is 0 Å². The zero-order chi connectivity index (χ0) is 10.4. The molecule has 5 heteroatoms. The summed E-state index contributed by atoms with van der Waals surface area (Å²) in [7, 11) is 0. The first-order valence-corrected chi connectivity index (χ1v) is 5.99. The van der Waals surface area contributed by atoms with Gasteiger partial charge < -0.3 is 10.4 Å². The second-order valence-electron chi connectivity index (χ2n) is 3.93. The topological polar surface area (TPSA) is 49.6 Å². The van der Waals surface area contributed by atoms with Crippen LogP contribution in [0.3, 0.4) is 0 Å². The molecule has 0 aliphatic carbocycles. The molecule has 3 heterocycles. The van der Waals surface area contributed by atoms with E-state index in [-0.39, 0.29) is 12.1 Å². The fourth-order valence-electron chi connectivity index (χ4n) is 2.18. The van der Waals surface area contributed by atoms with Crippen LogP contribution in [0.5, 0.6) is 0 Å². The van der Waals surface area contributed by atoms with Crippen LogP contribution in [0.25, 0.3) is 4.96 Å². The fourth-order valence-corrected chi connectivity index (χ4v) is 2.95. The van der Waals surface area contributed by atoms with E-state index in [1.807, 2.05) is 11.6 Å². The molecule has 2 N–H and O–H groups in total. The molecule has 2 unspecified atom stereocenters. The third kappa shape index (κ3) is 1.31. The number of fused-ring (bicyclic) bond motifs is 1. The normalized spacial score (nSPS) is 26.5. The van der Waals surface area contributed by atoms with Gasteiger partial charge in [-0.1, -0.05) is 0 Å². The van der Waals surface area contributed by atoms with Crippen molar-refractivity contribution in [1.82, 2.24) is 14.7 Å². The van der Waals surface area contributed by atoms with Crippen molar-refractivity contribution >= 4 is 16.3 Å². The second kappa shape index (κ2) is 3.30. The Bertz CT molecular complexity index is 490. The Morgan fingerprint density at radius 3 is 3.20 bits per heavy atom. The minimum Gasteiger partial charge on any atom is -0.391 e. The number of hydrogen-bond acceptors (Lipinski definition) is 4. The minimum absolute atomic E-state index is 0.0112. The maximum absolute atomic E-state index is 9.82. The van der Waals surface area contributed by atoms with Gasteiger partial charge in [-0.2, -0.15) is 0 Å². The van der Waals surface area contributed by atoms with E-state index in [1.54, 1.807) is 11.3 Å². The van der Waals surface area contributed by atoms with E-state index in [9.17, 15) is 5.11 Å². The van der Waals surface area contributed by atoms with Crippen molar-refractivity contribution in [2.75, 3.05) is 6.54 Å². The SMILES string of the molecule is Cc1c(C2NCCC2O)nc2sccn12. The van der Waals surface area contributed by atoms with Gasteiger partial charge in [0.15, 0.2) is 4.96 Å². The lowest BCUT2D eigenvalue weighted by molar-refractivity contribution is 0.158.